The van der Waals surface area contributed by atoms with Crippen molar-refractivity contribution in [1.29, 1.82) is 0 Å². The van der Waals surface area contributed by atoms with Crippen LogP contribution in [0.15, 0.2) is 59.0 Å². The lowest BCUT2D eigenvalue weighted by atomic mass is 10.3. The fourth-order valence-corrected chi connectivity index (χ4v) is 1.83. The fourth-order valence-electron chi connectivity index (χ4n) is 1.54. The summed E-state index contributed by atoms with van der Waals surface area (Å²) in [5, 5.41) is 5.24. The lowest BCUT2D eigenvalue weighted by Gasteiger charge is -2.07. The Labute approximate surface area is 117 Å². The third-order valence-corrected chi connectivity index (χ3v) is 2.68. The summed E-state index contributed by atoms with van der Waals surface area (Å²) < 4.78 is 24.3. The first-order chi connectivity index (χ1) is 9.63. The van der Waals surface area contributed by atoms with Crippen molar-refractivity contribution in [3.8, 4) is 0 Å². The third-order valence-electron chi connectivity index (χ3n) is 2.32. The van der Waals surface area contributed by atoms with E-state index in [0.717, 1.165) is 0 Å². The van der Waals surface area contributed by atoms with E-state index in [9.17, 15) is 13.2 Å². The molecular weight excluding hydrogens is 278 g/mol. The highest BCUT2D eigenvalue weighted by Crippen LogP contribution is 2.18. The van der Waals surface area contributed by atoms with Crippen molar-refractivity contribution in [3.05, 3.63) is 54.6 Å². The zero-order valence-electron chi connectivity index (χ0n) is 10.3. The van der Waals surface area contributed by atoms with Crippen LogP contribution in [0.1, 0.15) is 0 Å². The molecule has 20 heavy (non-hydrogen) atoms. The number of nitrogens with one attached hydrogen (secondary N) is 2. The van der Waals surface area contributed by atoms with Crippen LogP contribution < -0.4 is 10.6 Å². The summed E-state index contributed by atoms with van der Waals surface area (Å²) in [4.78, 5) is 11.7. The Morgan fingerprint density at radius 3 is 2.25 bits per heavy atom. The first-order valence-corrected chi connectivity index (χ1v) is 6.71. The molecule has 6 nitrogen and oxygen atoms in total. The molecule has 0 aliphatic carbocycles. The van der Waals surface area contributed by atoms with Gasteiger partial charge < -0.3 is 10.6 Å². The van der Waals surface area contributed by atoms with E-state index in [4.69, 9.17) is 0 Å². The van der Waals surface area contributed by atoms with E-state index < -0.39 is 16.5 Å². The van der Waals surface area contributed by atoms with Gasteiger partial charge in [-0.3, -0.25) is 0 Å². The normalized spacial score (nSPS) is 9.60. The Balaban J connectivity index is 2.06. The van der Waals surface area contributed by atoms with Gasteiger partial charge in [-0.1, -0.05) is 24.3 Å². The van der Waals surface area contributed by atoms with Gasteiger partial charge in [-0.2, -0.15) is 8.42 Å². The molecule has 0 saturated heterocycles. The molecular formula is C13H11N3O3S. The monoisotopic (exact) mass is 289 g/mol. The van der Waals surface area contributed by atoms with E-state index in [1.165, 1.54) is 12.1 Å². The molecule has 0 fully saturated rings. The predicted molar refractivity (Wildman–Crippen MR) is 76.5 cm³/mol. The van der Waals surface area contributed by atoms with Crippen molar-refractivity contribution < 1.29 is 13.2 Å². The van der Waals surface area contributed by atoms with Crippen LogP contribution in [-0.4, -0.2) is 14.4 Å². The van der Waals surface area contributed by atoms with Crippen molar-refractivity contribution in [1.82, 2.24) is 0 Å². The van der Waals surface area contributed by atoms with Gasteiger partial charge in [-0.15, -0.1) is 4.36 Å². The predicted octanol–water partition coefficient (Wildman–Crippen LogP) is 3.02. The molecule has 2 aromatic rings. The molecule has 0 unspecified atom stereocenters. The number of para-hydroxylation sites is 1. The summed E-state index contributed by atoms with van der Waals surface area (Å²) >= 11 is 0. The maximum absolute atomic E-state index is 11.7. The Hall–Kier alpha value is -2.67. The van der Waals surface area contributed by atoms with E-state index in [1.807, 2.05) is 6.07 Å². The Morgan fingerprint density at radius 1 is 0.900 bits per heavy atom. The van der Waals surface area contributed by atoms with Gasteiger partial charge in [-0.25, -0.2) is 4.79 Å². The van der Waals surface area contributed by atoms with Crippen LogP contribution in [0, 0.1) is 0 Å². The summed E-state index contributed by atoms with van der Waals surface area (Å²) in [6, 6.07) is 14.8. The summed E-state index contributed by atoms with van der Waals surface area (Å²) in [6.07, 6.45) is 0. The lowest BCUT2D eigenvalue weighted by molar-refractivity contribution is 0.262. The van der Waals surface area contributed by atoms with Gasteiger partial charge in [0.15, 0.2) is 0 Å². The fraction of sp³-hybridized carbons (Fsp3) is 0. The number of carbonyl (C=O) groups excluding carboxylic acids is 1. The van der Waals surface area contributed by atoms with E-state index >= 15 is 0 Å². The van der Waals surface area contributed by atoms with Gasteiger partial charge in [0.2, 0.25) is 0 Å². The lowest BCUT2D eigenvalue weighted by Crippen LogP contribution is -2.19. The molecule has 0 spiro atoms. The maximum atomic E-state index is 11.7. The minimum Gasteiger partial charge on any atom is -0.308 e. The number of amides is 2. The van der Waals surface area contributed by atoms with E-state index in [-0.39, 0.29) is 5.69 Å². The summed E-state index contributed by atoms with van der Waals surface area (Å²) in [5.41, 5.74) is 1.35. The van der Waals surface area contributed by atoms with Crippen molar-refractivity contribution in [3.63, 3.8) is 0 Å². The topological polar surface area (TPSA) is 87.6 Å². The number of carbonyl (C=O) groups is 1. The molecule has 2 rings (SSSR count). The first-order valence-electron chi connectivity index (χ1n) is 5.68. The largest absolute Gasteiger partial charge is 0.323 e. The minimum atomic E-state index is -2.52. The van der Waals surface area contributed by atoms with Crippen LogP contribution in [-0.2, 0) is 10.5 Å². The number of nitrogens with zero attached hydrogens (tertiary/aromatic N) is 1. The van der Waals surface area contributed by atoms with Gasteiger partial charge in [0.1, 0.15) is 0 Å². The molecule has 0 heterocycles. The second kappa shape index (κ2) is 6.48. The quantitative estimate of drug-likeness (QED) is 0.910. The number of urea groups is 1. The van der Waals surface area contributed by atoms with Gasteiger partial charge in [0.05, 0.1) is 5.69 Å². The van der Waals surface area contributed by atoms with E-state index in [2.05, 4.69) is 15.0 Å². The molecule has 0 saturated carbocycles. The van der Waals surface area contributed by atoms with Crippen molar-refractivity contribution in [2.24, 2.45) is 4.36 Å². The molecule has 0 bridgehead atoms. The highest BCUT2D eigenvalue weighted by Gasteiger charge is 2.02. The Morgan fingerprint density at radius 2 is 1.55 bits per heavy atom. The second-order valence-corrected chi connectivity index (χ2v) is 4.42. The van der Waals surface area contributed by atoms with Gasteiger partial charge in [-0.05, 0) is 30.3 Å². The summed E-state index contributed by atoms with van der Waals surface area (Å²) in [6.45, 7) is 0. The second-order valence-electron chi connectivity index (χ2n) is 3.80. The Bertz CT molecular complexity index is 734. The zero-order chi connectivity index (χ0) is 14.4. The molecule has 2 N–H and O–H groups in total. The van der Waals surface area contributed by atoms with Crippen molar-refractivity contribution in [2.75, 3.05) is 10.6 Å². The summed E-state index contributed by atoms with van der Waals surface area (Å²) in [5.74, 6) is 0. The molecule has 7 heteroatoms. The van der Waals surface area contributed by atoms with Crippen molar-refractivity contribution >= 4 is 33.6 Å². The molecule has 102 valence electrons. The average molecular weight is 289 g/mol. The zero-order valence-corrected chi connectivity index (χ0v) is 11.1. The van der Waals surface area contributed by atoms with Crippen LogP contribution in [0.2, 0.25) is 0 Å². The standard InChI is InChI=1S/C13H11N3O3S/c17-13(14-10-5-2-1-3-6-10)15-11-7-4-8-12(9-11)16-20(18)19/h1-9H,(H2,14,15,17). The Kier molecular flexibility index (Phi) is 4.46. The average Bonchev–Trinajstić information content (AvgIpc) is 2.39. The molecule has 0 aromatic heterocycles. The molecule has 2 amide bonds. The van der Waals surface area contributed by atoms with E-state index in [1.54, 1.807) is 36.4 Å². The van der Waals surface area contributed by atoms with Gasteiger partial charge in [0, 0.05) is 11.4 Å². The SMILES string of the molecule is O=C(Nc1ccccc1)Nc1cccc(N=S(=O)=O)c1. The maximum Gasteiger partial charge on any atom is 0.323 e. The van der Waals surface area contributed by atoms with Crippen LogP contribution in [0.4, 0.5) is 21.9 Å². The van der Waals surface area contributed by atoms with Crippen LogP contribution in [0.3, 0.4) is 0 Å². The number of benzene rings is 2. The summed E-state index contributed by atoms with van der Waals surface area (Å²) in [7, 11) is -2.52. The molecule has 0 aliphatic heterocycles. The van der Waals surface area contributed by atoms with Crippen molar-refractivity contribution in [2.45, 2.75) is 0 Å². The molecule has 0 radical (unpaired) electrons. The van der Waals surface area contributed by atoms with Crippen LogP contribution in [0.5, 0.6) is 0 Å². The number of anilines is 2. The highest BCUT2D eigenvalue weighted by atomic mass is 32.2. The van der Waals surface area contributed by atoms with E-state index in [0.29, 0.717) is 11.4 Å². The number of rotatable bonds is 3. The highest BCUT2D eigenvalue weighted by molar-refractivity contribution is 7.61. The van der Waals surface area contributed by atoms with Crippen LogP contribution >= 0.6 is 0 Å². The molecule has 0 aliphatic rings. The van der Waals surface area contributed by atoms with Gasteiger partial charge in [0.25, 0.3) is 0 Å². The molecule has 0 atom stereocenters. The number of hydrogen-bond donors (Lipinski definition) is 2. The molecule has 2 aromatic carbocycles. The third kappa shape index (κ3) is 4.21. The van der Waals surface area contributed by atoms with Crippen LogP contribution in [0.25, 0.3) is 0 Å². The smallest absolute Gasteiger partial charge is 0.308 e. The van der Waals surface area contributed by atoms with Gasteiger partial charge >= 0.3 is 16.5 Å². The minimum absolute atomic E-state index is 0.246. The number of hydrogen-bond acceptors (Lipinski definition) is 4. The first kappa shape index (κ1) is 13.8.